The predicted octanol–water partition coefficient (Wildman–Crippen LogP) is 0.895. The lowest BCUT2D eigenvalue weighted by Crippen LogP contribution is -2.47. The molecule has 0 bridgehead atoms. The molecule has 1 N–H and O–H groups in total. The summed E-state index contributed by atoms with van der Waals surface area (Å²) in [5.74, 6) is 1.13. The van der Waals surface area contributed by atoms with Crippen molar-refractivity contribution in [1.29, 1.82) is 0 Å². The van der Waals surface area contributed by atoms with Gasteiger partial charge in [-0.1, -0.05) is 13.8 Å². The van der Waals surface area contributed by atoms with Gasteiger partial charge in [0.2, 0.25) is 0 Å². The fourth-order valence-corrected chi connectivity index (χ4v) is 4.74. The molecule has 0 saturated carbocycles. The molecule has 1 unspecified atom stereocenters. The van der Waals surface area contributed by atoms with Crippen LogP contribution in [0.25, 0.3) is 0 Å². The highest BCUT2D eigenvalue weighted by atomic mass is 32.2. The van der Waals surface area contributed by atoms with E-state index in [1.54, 1.807) is 8.61 Å². The maximum atomic E-state index is 12.5. The highest BCUT2D eigenvalue weighted by Gasteiger charge is 2.35. The summed E-state index contributed by atoms with van der Waals surface area (Å²) in [5, 5.41) is 3.35. The van der Waals surface area contributed by atoms with Gasteiger partial charge in [0.05, 0.1) is 0 Å². The summed E-state index contributed by atoms with van der Waals surface area (Å²) in [5.41, 5.74) is 0. The van der Waals surface area contributed by atoms with Gasteiger partial charge in [0.25, 0.3) is 10.2 Å². The van der Waals surface area contributed by atoms with E-state index < -0.39 is 10.2 Å². The molecule has 19 heavy (non-hydrogen) atoms. The molecule has 0 aliphatic carbocycles. The summed E-state index contributed by atoms with van der Waals surface area (Å²) in [6.07, 6.45) is 2.96. The van der Waals surface area contributed by atoms with Crippen LogP contribution in [0.4, 0.5) is 0 Å². The van der Waals surface area contributed by atoms with E-state index in [9.17, 15) is 8.42 Å². The van der Waals surface area contributed by atoms with Crippen LogP contribution in [-0.4, -0.2) is 56.3 Å². The van der Waals surface area contributed by atoms with Gasteiger partial charge >= 0.3 is 0 Å². The molecule has 2 saturated heterocycles. The maximum absolute atomic E-state index is 12.5. The number of hydrogen-bond donors (Lipinski definition) is 1. The van der Waals surface area contributed by atoms with Gasteiger partial charge in [0.1, 0.15) is 0 Å². The van der Waals surface area contributed by atoms with Gasteiger partial charge in [-0.3, -0.25) is 0 Å². The van der Waals surface area contributed by atoms with Gasteiger partial charge in [-0.05, 0) is 44.2 Å². The summed E-state index contributed by atoms with van der Waals surface area (Å²) in [6.45, 7) is 8.99. The third-order valence-corrected chi connectivity index (χ3v) is 6.30. The van der Waals surface area contributed by atoms with Gasteiger partial charge in [0, 0.05) is 26.2 Å². The molecular formula is C13H27N3O2S. The molecule has 2 heterocycles. The second kappa shape index (κ2) is 6.52. The zero-order valence-corrected chi connectivity index (χ0v) is 13.0. The van der Waals surface area contributed by atoms with E-state index in [4.69, 9.17) is 0 Å². The predicted molar refractivity (Wildman–Crippen MR) is 77.1 cm³/mol. The van der Waals surface area contributed by atoms with Crippen molar-refractivity contribution in [3.05, 3.63) is 0 Å². The van der Waals surface area contributed by atoms with Crippen molar-refractivity contribution < 1.29 is 8.42 Å². The van der Waals surface area contributed by atoms with Crippen LogP contribution in [0, 0.1) is 11.8 Å². The second-order valence-corrected chi connectivity index (χ2v) is 7.84. The Labute approximate surface area is 117 Å². The van der Waals surface area contributed by atoms with Gasteiger partial charge in [-0.25, -0.2) is 0 Å². The molecule has 0 radical (unpaired) electrons. The third kappa shape index (κ3) is 3.68. The number of piperidine rings is 1. The maximum Gasteiger partial charge on any atom is 0.281 e. The molecule has 112 valence electrons. The monoisotopic (exact) mass is 289 g/mol. The molecule has 2 rings (SSSR count). The Balaban J connectivity index is 1.86. The van der Waals surface area contributed by atoms with E-state index in [1.165, 1.54) is 0 Å². The standard InChI is InChI=1S/C13H27N3O2S/c1-3-14-10-13-5-8-15(9-6-13)19(17,18)16-7-4-12(2)11-16/h12-14H,3-11H2,1-2H3. The molecule has 6 heteroatoms. The Morgan fingerprint density at radius 3 is 2.26 bits per heavy atom. The van der Waals surface area contributed by atoms with Gasteiger partial charge in [-0.15, -0.1) is 0 Å². The van der Waals surface area contributed by atoms with Crippen molar-refractivity contribution in [3.8, 4) is 0 Å². The fraction of sp³-hybridized carbons (Fsp3) is 1.00. The van der Waals surface area contributed by atoms with Crippen LogP contribution >= 0.6 is 0 Å². The first-order valence-electron chi connectivity index (χ1n) is 7.50. The lowest BCUT2D eigenvalue weighted by molar-refractivity contribution is 0.254. The van der Waals surface area contributed by atoms with Crippen LogP contribution in [-0.2, 0) is 10.2 Å². The van der Waals surface area contributed by atoms with Crippen molar-refractivity contribution in [2.75, 3.05) is 39.3 Å². The molecule has 0 aromatic rings. The molecule has 1 atom stereocenters. The van der Waals surface area contributed by atoms with Crippen LogP contribution in [0.1, 0.15) is 33.1 Å². The van der Waals surface area contributed by atoms with E-state index in [-0.39, 0.29) is 0 Å². The summed E-state index contributed by atoms with van der Waals surface area (Å²) in [6, 6.07) is 0. The molecule has 0 aromatic heterocycles. The van der Waals surface area contributed by atoms with Crippen LogP contribution in [0.5, 0.6) is 0 Å². The zero-order valence-electron chi connectivity index (χ0n) is 12.1. The zero-order chi connectivity index (χ0) is 13.9. The smallest absolute Gasteiger partial charge is 0.281 e. The molecule has 5 nitrogen and oxygen atoms in total. The first-order chi connectivity index (χ1) is 9.04. The van der Waals surface area contributed by atoms with Crippen molar-refractivity contribution >= 4 is 10.2 Å². The van der Waals surface area contributed by atoms with Crippen molar-refractivity contribution in [3.63, 3.8) is 0 Å². The van der Waals surface area contributed by atoms with Crippen molar-refractivity contribution in [1.82, 2.24) is 13.9 Å². The first kappa shape index (κ1) is 15.2. The number of hydrogen-bond acceptors (Lipinski definition) is 3. The summed E-state index contributed by atoms with van der Waals surface area (Å²) in [4.78, 5) is 0. The topological polar surface area (TPSA) is 52.7 Å². The minimum Gasteiger partial charge on any atom is -0.317 e. The number of nitrogens with zero attached hydrogens (tertiary/aromatic N) is 2. The molecule has 0 spiro atoms. The van der Waals surface area contributed by atoms with Crippen molar-refractivity contribution in [2.45, 2.75) is 33.1 Å². The normalized spacial score (nSPS) is 28.0. The van der Waals surface area contributed by atoms with E-state index in [0.29, 0.717) is 38.0 Å². The summed E-state index contributed by atoms with van der Waals surface area (Å²) in [7, 11) is -3.19. The molecular weight excluding hydrogens is 262 g/mol. The Hall–Kier alpha value is -0.170. The van der Waals surface area contributed by atoms with Gasteiger partial charge < -0.3 is 5.32 Å². The molecule has 2 aliphatic heterocycles. The summed E-state index contributed by atoms with van der Waals surface area (Å²) >= 11 is 0. The van der Waals surface area contributed by atoms with Crippen molar-refractivity contribution in [2.24, 2.45) is 11.8 Å². The molecule has 2 aliphatic rings. The van der Waals surface area contributed by atoms with Crippen LogP contribution < -0.4 is 5.32 Å². The molecule has 0 aromatic carbocycles. The number of nitrogens with one attached hydrogen (secondary N) is 1. The van der Waals surface area contributed by atoms with E-state index in [1.807, 2.05) is 0 Å². The Morgan fingerprint density at radius 2 is 1.74 bits per heavy atom. The van der Waals surface area contributed by atoms with E-state index in [2.05, 4.69) is 19.2 Å². The number of rotatable bonds is 5. The average molecular weight is 289 g/mol. The Kier molecular flexibility index (Phi) is 5.22. The highest BCUT2D eigenvalue weighted by molar-refractivity contribution is 7.86. The SMILES string of the molecule is CCNCC1CCN(S(=O)(=O)N2CCC(C)C2)CC1. The first-order valence-corrected chi connectivity index (χ1v) is 8.89. The van der Waals surface area contributed by atoms with E-state index in [0.717, 1.165) is 32.4 Å². The molecule has 0 amide bonds. The highest BCUT2D eigenvalue weighted by Crippen LogP contribution is 2.25. The van der Waals surface area contributed by atoms with Gasteiger partial charge in [-0.2, -0.15) is 17.0 Å². The second-order valence-electron chi connectivity index (χ2n) is 5.91. The van der Waals surface area contributed by atoms with Gasteiger partial charge in [0.15, 0.2) is 0 Å². The van der Waals surface area contributed by atoms with E-state index >= 15 is 0 Å². The summed E-state index contributed by atoms with van der Waals surface area (Å²) < 4.78 is 28.3. The molecule has 2 fully saturated rings. The quantitative estimate of drug-likeness (QED) is 0.818. The lowest BCUT2D eigenvalue weighted by Gasteiger charge is -2.33. The minimum atomic E-state index is -3.19. The minimum absolute atomic E-state index is 0.501. The van der Waals surface area contributed by atoms with Crippen LogP contribution in [0.3, 0.4) is 0 Å². The largest absolute Gasteiger partial charge is 0.317 e. The van der Waals surface area contributed by atoms with Crippen LogP contribution in [0.2, 0.25) is 0 Å². The lowest BCUT2D eigenvalue weighted by atomic mass is 9.98. The Morgan fingerprint density at radius 1 is 1.11 bits per heavy atom. The van der Waals surface area contributed by atoms with Crippen LogP contribution in [0.15, 0.2) is 0 Å². The Bertz CT molecular complexity index is 377. The average Bonchev–Trinajstić information content (AvgIpc) is 2.84. The third-order valence-electron chi connectivity index (χ3n) is 4.30. The fourth-order valence-electron chi connectivity index (χ4n) is 2.96.